The predicted molar refractivity (Wildman–Crippen MR) is 67.7 cm³/mol. The zero-order valence-electron chi connectivity index (χ0n) is 9.58. The number of nitrogens with zero attached hydrogens (tertiary/aromatic N) is 4. The molecule has 0 bridgehead atoms. The second kappa shape index (κ2) is 5.65. The Balaban J connectivity index is 1.85. The highest BCUT2D eigenvalue weighted by Gasteiger charge is 2.28. The Morgan fingerprint density at radius 1 is 1.33 bits per heavy atom. The third-order valence-electron chi connectivity index (χ3n) is 2.43. The molecule has 0 aliphatic carbocycles. The molecule has 1 aliphatic heterocycles. The Bertz CT molecular complexity index is 555. The number of amidine groups is 1. The normalized spacial score (nSPS) is 13.1. The van der Waals surface area contributed by atoms with E-state index < -0.39 is 5.91 Å². The van der Waals surface area contributed by atoms with Crippen LogP contribution in [0.3, 0.4) is 0 Å². The fraction of sp³-hybridized carbons (Fsp3) is 0.167. The Morgan fingerprint density at radius 3 is 2.83 bits per heavy atom. The Kier molecular flexibility index (Phi) is 3.73. The molecule has 6 nitrogen and oxygen atoms in total. The van der Waals surface area contributed by atoms with Gasteiger partial charge in [-0.2, -0.15) is 4.99 Å². The van der Waals surface area contributed by atoms with Gasteiger partial charge in [0.1, 0.15) is 0 Å². The maximum Gasteiger partial charge on any atom is 0.434 e. The van der Waals surface area contributed by atoms with Crippen LogP contribution in [0.1, 0.15) is 5.56 Å². The minimum Gasteiger partial charge on any atom is -0.497 e. The number of rotatable bonds is 4. The molecule has 0 aromatic heterocycles. The molecular weight excluding hydrogens is 230 g/mol. The fourth-order valence-corrected chi connectivity index (χ4v) is 1.54. The predicted octanol–water partition coefficient (Wildman–Crippen LogP) is 0.456. The van der Waals surface area contributed by atoms with E-state index in [1.54, 1.807) is 0 Å². The average molecular weight is 241 g/mol. The third kappa shape index (κ3) is 2.75. The molecule has 0 atom stereocenters. The van der Waals surface area contributed by atoms with E-state index in [1.165, 1.54) is 6.34 Å². The van der Waals surface area contributed by atoms with Gasteiger partial charge in [-0.1, -0.05) is 30.3 Å². The average Bonchev–Trinajstić information content (AvgIpc) is 2.88. The van der Waals surface area contributed by atoms with Crippen LogP contribution >= 0.6 is 0 Å². The summed E-state index contributed by atoms with van der Waals surface area (Å²) in [7, 11) is 0. The zero-order chi connectivity index (χ0) is 12.8. The quantitative estimate of drug-likeness (QED) is 0.602. The highest BCUT2D eigenvalue weighted by molar-refractivity contribution is 6.67. The first-order valence-corrected chi connectivity index (χ1v) is 5.46. The molecular formula is C12H11N5O. The van der Waals surface area contributed by atoms with E-state index in [0.717, 1.165) is 12.0 Å². The minimum atomic E-state index is -0.392. The minimum absolute atomic E-state index is 0.0329. The Hall–Kier alpha value is -2.59. The molecule has 0 fully saturated rings. The van der Waals surface area contributed by atoms with E-state index in [1.807, 2.05) is 30.3 Å². The van der Waals surface area contributed by atoms with E-state index in [2.05, 4.69) is 20.1 Å². The lowest BCUT2D eigenvalue weighted by Crippen LogP contribution is -2.35. The lowest BCUT2D eigenvalue weighted by Gasteiger charge is -2.03. The highest BCUT2D eigenvalue weighted by atomic mass is 16.1. The van der Waals surface area contributed by atoms with Crippen LogP contribution in [-0.2, 0) is 11.2 Å². The number of hydrogen-bond acceptors (Lipinski definition) is 2. The first-order chi connectivity index (χ1) is 8.81. The van der Waals surface area contributed by atoms with Crippen molar-refractivity contribution in [2.75, 3.05) is 6.54 Å². The fourth-order valence-electron chi connectivity index (χ4n) is 1.54. The molecule has 1 aromatic carbocycles. The molecule has 1 aromatic rings. The SMILES string of the molecule is [N-]=[N+]=C1N=CN=C1C(=O)NCCc1ccccc1. The van der Waals surface area contributed by atoms with Crippen molar-refractivity contribution in [1.82, 2.24) is 5.32 Å². The van der Waals surface area contributed by atoms with Crippen LogP contribution in [0.2, 0.25) is 0 Å². The van der Waals surface area contributed by atoms with Crippen LogP contribution < -0.4 is 5.32 Å². The summed E-state index contributed by atoms with van der Waals surface area (Å²) in [4.78, 5) is 21.9. The van der Waals surface area contributed by atoms with Crippen LogP contribution in [0.15, 0.2) is 40.3 Å². The second-order valence-corrected chi connectivity index (χ2v) is 3.64. The van der Waals surface area contributed by atoms with Gasteiger partial charge >= 0.3 is 5.84 Å². The van der Waals surface area contributed by atoms with Crippen LogP contribution in [0.5, 0.6) is 0 Å². The molecule has 18 heavy (non-hydrogen) atoms. The van der Waals surface area contributed by atoms with Gasteiger partial charge in [-0.25, -0.2) is 0 Å². The van der Waals surface area contributed by atoms with Crippen LogP contribution in [0, 0.1) is 0 Å². The lowest BCUT2D eigenvalue weighted by molar-refractivity contribution is -0.114. The monoisotopic (exact) mass is 241 g/mol. The molecule has 6 heteroatoms. The van der Waals surface area contributed by atoms with Crippen LogP contribution in [-0.4, -0.2) is 35.1 Å². The van der Waals surface area contributed by atoms with Crippen molar-refractivity contribution in [1.29, 1.82) is 0 Å². The first kappa shape index (κ1) is 11.9. The van der Waals surface area contributed by atoms with E-state index in [4.69, 9.17) is 5.53 Å². The van der Waals surface area contributed by atoms with Crippen molar-refractivity contribution >= 4 is 23.8 Å². The third-order valence-corrected chi connectivity index (χ3v) is 2.43. The molecule has 0 spiro atoms. The van der Waals surface area contributed by atoms with E-state index in [9.17, 15) is 4.79 Å². The summed E-state index contributed by atoms with van der Waals surface area (Å²) in [5.41, 5.74) is 9.77. The van der Waals surface area contributed by atoms with Gasteiger partial charge in [-0.05, 0) is 17.0 Å². The molecule has 90 valence electrons. The summed E-state index contributed by atoms with van der Waals surface area (Å²) in [5.74, 6) is -0.455. The molecule has 1 heterocycles. The van der Waals surface area contributed by atoms with Gasteiger partial charge in [-0.15, -0.1) is 0 Å². The number of benzene rings is 1. The van der Waals surface area contributed by atoms with Gasteiger partial charge in [0.2, 0.25) is 12.1 Å². The summed E-state index contributed by atoms with van der Waals surface area (Å²) in [6.07, 6.45) is 1.91. The summed E-state index contributed by atoms with van der Waals surface area (Å²) < 4.78 is 0. The molecule has 0 saturated carbocycles. The van der Waals surface area contributed by atoms with Crippen molar-refractivity contribution in [3.8, 4) is 0 Å². The molecule has 0 radical (unpaired) electrons. The topological polar surface area (TPSA) is 90.2 Å². The summed E-state index contributed by atoms with van der Waals surface area (Å²) in [6, 6.07) is 9.81. The first-order valence-electron chi connectivity index (χ1n) is 5.46. The molecule has 0 unspecified atom stereocenters. The molecule has 0 saturated heterocycles. The number of nitrogens with one attached hydrogen (secondary N) is 1. The maximum absolute atomic E-state index is 11.7. The second-order valence-electron chi connectivity index (χ2n) is 3.64. The van der Waals surface area contributed by atoms with E-state index in [-0.39, 0.29) is 11.5 Å². The van der Waals surface area contributed by atoms with E-state index >= 15 is 0 Å². The molecule has 1 aliphatic rings. The van der Waals surface area contributed by atoms with Gasteiger partial charge in [0.25, 0.3) is 5.91 Å². The van der Waals surface area contributed by atoms with Gasteiger partial charge in [0.15, 0.2) is 0 Å². The van der Waals surface area contributed by atoms with Gasteiger partial charge in [0.05, 0.1) is 0 Å². The van der Waals surface area contributed by atoms with Gasteiger partial charge in [0, 0.05) is 6.54 Å². The number of amides is 1. The van der Waals surface area contributed by atoms with Crippen molar-refractivity contribution in [3.05, 3.63) is 41.4 Å². The van der Waals surface area contributed by atoms with Crippen molar-refractivity contribution in [2.45, 2.75) is 6.42 Å². The van der Waals surface area contributed by atoms with Crippen molar-refractivity contribution in [2.24, 2.45) is 9.98 Å². The smallest absolute Gasteiger partial charge is 0.434 e. The number of carbonyl (C=O) groups excluding carboxylic acids is 1. The van der Waals surface area contributed by atoms with Gasteiger partial charge < -0.3 is 15.6 Å². The summed E-state index contributed by atoms with van der Waals surface area (Å²) in [5, 5.41) is 2.70. The van der Waals surface area contributed by atoms with Crippen molar-refractivity contribution < 1.29 is 9.58 Å². The number of hydrogen-bond donors (Lipinski definition) is 1. The standard InChI is InChI=1S/C12H11N5O/c13-17-11-10(15-8-16-11)12(18)14-7-6-9-4-2-1-3-5-9/h1-5,8H,6-7H2,(H,14,18). The largest absolute Gasteiger partial charge is 0.497 e. The molecule has 1 amide bonds. The Labute approximate surface area is 104 Å². The van der Waals surface area contributed by atoms with E-state index in [0.29, 0.717) is 6.54 Å². The Morgan fingerprint density at radius 2 is 2.11 bits per heavy atom. The zero-order valence-corrected chi connectivity index (χ0v) is 9.58. The van der Waals surface area contributed by atoms with Crippen molar-refractivity contribution in [3.63, 3.8) is 0 Å². The van der Waals surface area contributed by atoms with Crippen LogP contribution in [0.4, 0.5) is 0 Å². The molecule has 1 N–H and O–H groups in total. The maximum atomic E-state index is 11.7. The molecule has 2 rings (SSSR count). The van der Waals surface area contributed by atoms with Crippen LogP contribution in [0.25, 0.3) is 5.53 Å². The number of aliphatic imine (C=N–C) groups is 2. The highest BCUT2D eigenvalue weighted by Crippen LogP contribution is 1.98. The lowest BCUT2D eigenvalue weighted by atomic mass is 10.1. The summed E-state index contributed by atoms with van der Waals surface area (Å²) >= 11 is 0. The van der Waals surface area contributed by atoms with Gasteiger partial charge in [-0.3, -0.25) is 4.79 Å². The number of carbonyl (C=O) groups is 1. The summed E-state index contributed by atoms with van der Waals surface area (Å²) in [6.45, 7) is 0.487.